The second-order valence-corrected chi connectivity index (χ2v) is 7.92. The number of hydrogen-bond acceptors (Lipinski definition) is 6. The minimum Gasteiger partial charge on any atom is -0.469 e. The highest BCUT2D eigenvalue weighted by Gasteiger charge is 2.25. The molecule has 0 aromatic carbocycles. The van der Waals surface area contributed by atoms with Gasteiger partial charge in [-0.05, 0) is 25.5 Å². The van der Waals surface area contributed by atoms with Crippen LogP contribution < -0.4 is 10.6 Å². The first kappa shape index (κ1) is 21.1. The maximum absolute atomic E-state index is 10.8. The van der Waals surface area contributed by atoms with Crippen molar-refractivity contribution in [2.45, 2.75) is 25.4 Å². The Hall–Kier alpha value is -1.61. The van der Waals surface area contributed by atoms with Gasteiger partial charge >= 0.3 is 0 Å². The highest BCUT2D eigenvalue weighted by molar-refractivity contribution is 5.79. The van der Waals surface area contributed by atoms with Gasteiger partial charge in [0.05, 0.1) is 38.2 Å². The first-order chi connectivity index (χ1) is 13.6. The molecule has 3 N–H and O–H groups in total. The summed E-state index contributed by atoms with van der Waals surface area (Å²) in [5.41, 5.74) is -0.885. The molecular weight excluding hydrogens is 360 g/mol. The molecule has 0 saturated carbocycles. The maximum Gasteiger partial charge on any atom is 0.191 e. The van der Waals surface area contributed by atoms with Crippen LogP contribution in [0.15, 0.2) is 27.8 Å². The van der Waals surface area contributed by atoms with Gasteiger partial charge in [0.2, 0.25) is 0 Å². The van der Waals surface area contributed by atoms with Gasteiger partial charge in [-0.2, -0.15) is 0 Å². The van der Waals surface area contributed by atoms with E-state index in [2.05, 4.69) is 20.5 Å². The summed E-state index contributed by atoms with van der Waals surface area (Å²) in [6, 6.07) is 3.86. The van der Waals surface area contributed by atoms with Gasteiger partial charge in [-0.15, -0.1) is 0 Å². The fraction of sp³-hybridized carbons (Fsp3) is 0.750. The van der Waals surface area contributed by atoms with Gasteiger partial charge in [-0.25, -0.2) is 0 Å². The fourth-order valence-electron chi connectivity index (χ4n) is 3.46. The molecule has 8 heteroatoms. The lowest BCUT2D eigenvalue weighted by Gasteiger charge is -2.33. The summed E-state index contributed by atoms with van der Waals surface area (Å²) in [6.07, 6.45) is 3.54. The minimum atomic E-state index is -0.885. The van der Waals surface area contributed by atoms with Gasteiger partial charge in [0.25, 0.3) is 0 Å². The molecule has 28 heavy (non-hydrogen) atoms. The second-order valence-electron chi connectivity index (χ2n) is 7.92. The third kappa shape index (κ3) is 7.43. The average Bonchev–Trinajstić information content (AvgIpc) is 3.38. The molecule has 3 rings (SSSR count). The molecule has 0 amide bonds. The molecule has 1 aromatic heterocycles. The van der Waals surface area contributed by atoms with Crippen LogP contribution in [-0.2, 0) is 15.9 Å². The molecule has 2 aliphatic heterocycles. The van der Waals surface area contributed by atoms with E-state index in [1.807, 2.05) is 19.1 Å². The Kier molecular flexibility index (Phi) is 8.14. The summed E-state index contributed by atoms with van der Waals surface area (Å²) in [6.45, 7) is 9.09. The summed E-state index contributed by atoms with van der Waals surface area (Å²) >= 11 is 0. The van der Waals surface area contributed by atoms with E-state index in [1.54, 1.807) is 6.26 Å². The largest absolute Gasteiger partial charge is 0.469 e. The van der Waals surface area contributed by atoms with Crippen LogP contribution in [-0.4, -0.2) is 87.3 Å². The zero-order valence-electron chi connectivity index (χ0n) is 16.9. The molecule has 2 fully saturated rings. The van der Waals surface area contributed by atoms with Crippen LogP contribution in [0.5, 0.6) is 0 Å². The first-order valence-corrected chi connectivity index (χ1v) is 10.3. The van der Waals surface area contributed by atoms with Crippen LogP contribution in [0.25, 0.3) is 0 Å². The lowest BCUT2D eigenvalue weighted by atomic mass is 10.1. The number of nitrogens with one attached hydrogen (secondary N) is 2. The van der Waals surface area contributed by atoms with Gasteiger partial charge in [-0.3, -0.25) is 9.89 Å². The summed E-state index contributed by atoms with van der Waals surface area (Å²) in [4.78, 5) is 6.88. The quantitative estimate of drug-likeness (QED) is 0.414. The lowest BCUT2D eigenvalue weighted by molar-refractivity contribution is -0.0180. The Morgan fingerprint density at radius 2 is 2.14 bits per heavy atom. The molecule has 0 radical (unpaired) electrons. The van der Waals surface area contributed by atoms with E-state index >= 15 is 0 Å². The van der Waals surface area contributed by atoms with Crippen molar-refractivity contribution in [2.24, 2.45) is 10.9 Å². The molecule has 158 valence electrons. The highest BCUT2D eigenvalue weighted by Crippen LogP contribution is 2.11. The van der Waals surface area contributed by atoms with Crippen LogP contribution in [0.2, 0.25) is 0 Å². The first-order valence-electron chi connectivity index (χ1n) is 10.3. The van der Waals surface area contributed by atoms with Crippen molar-refractivity contribution in [1.82, 2.24) is 15.5 Å². The van der Waals surface area contributed by atoms with Gasteiger partial charge in [0.1, 0.15) is 5.76 Å². The predicted octanol–water partition coefficient (Wildman–Crippen LogP) is 0.477. The maximum atomic E-state index is 10.8. The zero-order chi connectivity index (χ0) is 19.7. The van der Waals surface area contributed by atoms with Crippen molar-refractivity contribution < 1.29 is 19.0 Å². The van der Waals surface area contributed by atoms with Crippen molar-refractivity contribution in [2.75, 3.05) is 65.7 Å². The lowest BCUT2D eigenvalue weighted by Crippen LogP contribution is -2.48. The molecule has 2 unspecified atom stereocenters. The molecule has 0 aliphatic carbocycles. The zero-order valence-corrected chi connectivity index (χ0v) is 16.9. The van der Waals surface area contributed by atoms with E-state index in [0.29, 0.717) is 25.6 Å². The van der Waals surface area contributed by atoms with Gasteiger partial charge in [0.15, 0.2) is 5.96 Å². The van der Waals surface area contributed by atoms with Gasteiger partial charge in [-0.1, -0.05) is 0 Å². The molecule has 8 nitrogen and oxygen atoms in total. The van der Waals surface area contributed by atoms with Crippen LogP contribution >= 0.6 is 0 Å². The topological polar surface area (TPSA) is 91.5 Å². The SMILES string of the molecule is CC(O)(CN=C(NCCc1ccco1)NCC1CCOC1)CN1CCOCC1. The Balaban J connectivity index is 1.50. The molecular formula is C20H34N4O4. The van der Waals surface area contributed by atoms with E-state index in [0.717, 1.165) is 70.6 Å². The van der Waals surface area contributed by atoms with E-state index in [-0.39, 0.29) is 0 Å². The summed E-state index contributed by atoms with van der Waals surface area (Å²) in [7, 11) is 0. The number of hydrogen-bond donors (Lipinski definition) is 3. The number of furan rings is 1. The number of β-amino-alcohol motifs (C(OH)–C–C–N with tert-alkyl or cyclic N) is 1. The minimum absolute atomic E-state index is 0.335. The van der Waals surface area contributed by atoms with Crippen LogP contribution in [0.3, 0.4) is 0 Å². The van der Waals surface area contributed by atoms with Crippen LogP contribution in [0, 0.1) is 5.92 Å². The molecule has 0 spiro atoms. The third-order valence-electron chi connectivity index (χ3n) is 5.07. The van der Waals surface area contributed by atoms with E-state index in [4.69, 9.17) is 13.9 Å². The summed E-state index contributed by atoms with van der Waals surface area (Å²) < 4.78 is 16.2. The average molecular weight is 395 g/mol. The smallest absolute Gasteiger partial charge is 0.191 e. The number of rotatable bonds is 9. The molecule has 3 heterocycles. The summed E-state index contributed by atoms with van der Waals surface area (Å²) in [5, 5.41) is 17.5. The number of aliphatic imine (C=N–C) groups is 1. The standard InChI is InChI=1S/C20H34N4O4/c1-20(25,16-24-7-11-26-12-8-24)15-23-19(22-13-17-5-10-27-14-17)21-6-4-18-3-2-9-28-18/h2-3,9,17,25H,4-8,10-16H2,1H3,(H2,21,22,23). The van der Waals surface area contributed by atoms with Crippen molar-refractivity contribution >= 4 is 5.96 Å². The van der Waals surface area contributed by atoms with Crippen molar-refractivity contribution in [3.8, 4) is 0 Å². The molecule has 0 bridgehead atoms. The van der Waals surface area contributed by atoms with Gasteiger partial charge < -0.3 is 29.6 Å². The molecule has 2 atom stereocenters. The Labute approximate surface area is 167 Å². The Morgan fingerprint density at radius 3 is 2.86 bits per heavy atom. The third-order valence-corrected chi connectivity index (χ3v) is 5.07. The predicted molar refractivity (Wildman–Crippen MR) is 108 cm³/mol. The Morgan fingerprint density at radius 1 is 1.29 bits per heavy atom. The Bertz CT molecular complexity index is 579. The fourth-order valence-corrected chi connectivity index (χ4v) is 3.46. The monoisotopic (exact) mass is 394 g/mol. The van der Waals surface area contributed by atoms with Crippen LogP contribution in [0.4, 0.5) is 0 Å². The van der Waals surface area contributed by atoms with E-state index < -0.39 is 5.60 Å². The number of guanidine groups is 1. The van der Waals surface area contributed by atoms with E-state index in [1.165, 1.54) is 0 Å². The number of morpholine rings is 1. The van der Waals surface area contributed by atoms with Crippen molar-refractivity contribution in [3.05, 3.63) is 24.2 Å². The molecule has 2 aliphatic rings. The highest BCUT2D eigenvalue weighted by atomic mass is 16.5. The van der Waals surface area contributed by atoms with E-state index in [9.17, 15) is 5.11 Å². The van der Waals surface area contributed by atoms with Crippen molar-refractivity contribution in [3.63, 3.8) is 0 Å². The number of ether oxygens (including phenoxy) is 2. The second kappa shape index (κ2) is 10.8. The molecule has 1 aromatic rings. The molecule has 2 saturated heterocycles. The van der Waals surface area contributed by atoms with Gasteiger partial charge in [0, 0.05) is 51.7 Å². The van der Waals surface area contributed by atoms with Crippen molar-refractivity contribution in [1.29, 1.82) is 0 Å². The normalized spacial score (nSPS) is 23.5. The number of aliphatic hydroxyl groups is 1. The summed E-state index contributed by atoms with van der Waals surface area (Å²) in [5.74, 6) is 2.17. The number of nitrogens with zero attached hydrogens (tertiary/aromatic N) is 2. The van der Waals surface area contributed by atoms with Crippen LogP contribution in [0.1, 0.15) is 19.1 Å².